The molecule has 2 amide bonds. The Bertz CT molecular complexity index is 437. The lowest BCUT2D eigenvalue weighted by Gasteiger charge is -2.30. The molecule has 2 unspecified atom stereocenters. The second kappa shape index (κ2) is 4.23. The van der Waals surface area contributed by atoms with Crippen LogP contribution in [0.2, 0.25) is 0 Å². The van der Waals surface area contributed by atoms with E-state index in [4.69, 9.17) is 0 Å². The minimum Gasteiger partial charge on any atom is -0.326 e. The molecule has 0 radical (unpaired) electrons. The quantitative estimate of drug-likeness (QED) is 0.781. The first-order chi connectivity index (χ1) is 8.25. The number of nitrogens with zero attached hydrogens (tertiary/aromatic N) is 3. The van der Waals surface area contributed by atoms with Gasteiger partial charge in [-0.2, -0.15) is 0 Å². The Balaban J connectivity index is 1.88. The third kappa shape index (κ3) is 1.89. The van der Waals surface area contributed by atoms with Crippen LogP contribution in [0.15, 0.2) is 16.9 Å². The molecule has 3 rings (SSSR count). The highest BCUT2D eigenvalue weighted by Crippen LogP contribution is 2.25. The summed E-state index contributed by atoms with van der Waals surface area (Å²) in [6.07, 6.45) is 3.40. The van der Waals surface area contributed by atoms with Gasteiger partial charge in [-0.15, -0.1) is 0 Å². The van der Waals surface area contributed by atoms with Crippen LogP contribution < -0.4 is 10.6 Å². The van der Waals surface area contributed by atoms with Gasteiger partial charge >= 0.3 is 6.03 Å². The van der Waals surface area contributed by atoms with Crippen LogP contribution in [-0.4, -0.2) is 46.6 Å². The molecule has 0 aromatic carbocycles. The smallest absolute Gasteiger partial charge is 0.318 e. The van der Waals surface area contributed by atoms with Gasteiger partial charge in [0.15, 0.2) is 5.82 Å². The number of amides is 2. The monoisotopic (exact) mass is 297 g/mol. The Hall–Kier alpha value is -1.21. The number of hydrogen-bond donors (Lipinski definition) is 2. The van der Waals surface area contributed by atoms with E-state index >= 15 is 0 Å². The van der Waals surface area contributed by atoms with Gasteiger partial charge in [-0.3, -0.25) is 0 Å². The van der Waals surface area contributed by atoms with Crippen molar-refractivity contribution < 1.29 is 4.79 Å². The fourth-order valence-corrected chi connectivity index (χ4v) is 2.51. The first-order valence-electron chi connectivity index (χ1n) is 5.51. The van der Waals surface area contributed by atoms with Gasteiger partial charge in [0.25, 0.3) is 0 Å². The van der Waals surface area contributed by atoms with Crippen molar-refractivity contribution in [2.24, 2.45) is 0 Å². The number of rotatable bonds is 1. The molecule has 2 aliphatic rings. The zero-order valence-electron chi connectivity index (χ0n) is 9.06. The molecule has 6 nitrogen and oxygen atoms in total. The standard InChI is InChI=1S/C10H12BrN5O/c11-6-3-13-9(14-4-6)8-7-5-12-1-2-16(7)10(17)15-8/h3-4,7-8,12H,1-2,5H2,(H,15,17). The molecular weight excluding hydrogens is 286 g/mol. The molecular formula is C10H12BrN5O. The SMILES string of the molecule is O=C1NC(c2ncc(Br)cn2)C2CNCCN12. The highest BCUT2D eigenvalue weighted by atomic mass is 79.9. The first-order valence-corrected chi connectivity index (χ1v) is 6.30. The summed E-state index contributed by atoms with van der Waals surface area (Å²) in [7, 11) is 0. The Kier molecular flexibility index (Phi) is 2.71. The lowest BCUT2D eigenvalue weighted by atomic mass is 10.1. The Morgan fingerprint density at radius 1 is 1.41 bits per heavy atom. The fourth-order valence-electron chi connectivity index (χ4n) is 2.31. The van der Waals surface area contributed by atoms with Gasteiger partial charge in [0, 0.05) is 32.0 Å². The van der Waals surface area contributed by atoms with E-state index in [2.05, 4.69) is 36.5 Å². The number of aromatic nitrogens is 2. The normalized spacial score (nSPS) is 27.8. The Morgan fingerprint density at radius 3 is 2.94 bits per heavy atom. The molecule has 3 heterocycles. The number of halogens is 1. The van der Waals surface area contributed by atoms with E-state index in [1.165, 1.54) is 0 Å². The predicted molar refractivity (Wildman–Crippen MR) is 64.4 cm³/mol. The third-order valence-electron chi connectivity index (χ3n) is 3.13. The van der Waals surface area contributed by atoms with Crippen molar-refractivity contribution in [1.29, 1.82) is 0 Å². The predicted octanol–water partition coefficient (Wildman–Crippen LogP) is 0.277. The summed E-state index contributed by atoms with van der Waals surface area (Å²) in [6, 6.07) is -0.0335. The number of carbonyl (C=O) groups is 1. The average molecular weight is 298 g/mol. The summed E-state index contributed by atoms with van der Waals surface area (Å²) < 4.78 is 0.837. The van der Waals surface area contributed by atoms with Crippen LogP contribution in [0.1, 0.15) is 11.9 Å². The summed E-state index contributed by atoms with van der Waals surface area (Å²) in [5, 5.41) is 6.23. The fraction of sp³-hybridized carbons (Fsp3) is 0.500. The van der Waals surface area contributed by atoms with Crippen LogP contribution in [0.25, 0.3) is 0 Å². The van der Waals surface area contributed by atoms with Crippen LogP contribution in [0.5, 0.6) is 0 Å². The molecule has 2 fully saturated rings. The minimum absolute atomic E-state index is 0.0204. The summed E-state index contributed by atoms with van der Waals surface area (Å²) in [6.45, 7) is 2.37. The van der Waals surface area contributed by atoms with E-state index in [0.717, 1.165) is 24.1 Å². The van der Waals surface area contributed by atoms with E-state index in [1.807, 2.05) is 4.90 Å². The van der Waals surface area contributed by atoms with Gasteiger partial charge in [-0.1, -0.05) is 0 Å². The van der Waals surface area contributed by atoms with Gasteiger partial charge < -0.3 is 15.5 Å². The number of piperazine rings is 1. The molecule has 1 aromatic rings. The summed E-state index contributed by atoms with van der Waals surface area (Å²) >= 11 is 3.30. The highest BCUT2D eigenvalue weighted by molar-refractivity contribution is 9.10. The van der Waals surface area contributed by atoms with Crippen LogP contribution in [0.4, 0.5) is 4.79 Å². The number of urea groups is 1. The van der Waals surface area contributed by atoms with Gasteiger partial charge in [0.2, 0.25) is 0 Å². The molecule has 2 atom stereocenters. The topological polar surface area (TPSA) is 70.1 Å². The van der Waals surface area contributed by atoms with Crippen molar-refractivity contribution >= 4 is 22.0 Å². The molecule has 17 heavy (non-hydrogen) atoms. The van der Waals surface area contributed by atoms with Crippen LogP contribution in [-0.2, 0) is 0 Å². The Morgan fingerprint density at radius 2 is 2.18 bits per heavy atom. The maximum atomic E-state index is 11.8. The van der Waals surface area contributed by atoms with E-state index < -0.39 is 0 Å². The van der Waals surface area contributed by atoms with Crippen molar-refractivity contribution in [2.75, 3.05) is 19.6 Å². The minimum atomic E-state index is -0.122. The van der Waals surface area contributed by atoms with Crippen molar-refractivity contribution in [1.82, 2.24) is 25.5 Å². The Labute approximate surface area is 107 Å². The molecule has 0 aliphatic carbocycles. The third-order valence-corrected chi connectivity index (χ3v) is 3.54. The molecule has 0 bridgehead atoms. The molecule has 2 N–H and O–H groups in total. The largest absolute Gasteiger partial charge is 0.326 e. The van der Waals surface area contributed by atoms with Gasteiger partial charge in [0.05, 0.1) is 10.5 Å². The summed E-state index contributed by atoms with van der Waals surface area (Å²) in [4.78, 5) is 22.2. The maximum Gasteiger partial charge on any atom is 0.318 e. The zero-order chi connectivity index (χ0) is 11.8. The molecule has 0 saturated carbocycles. The van der Waals surface area contributed by atoms with Crippen LogP contribution in [0, 0.1) is 0 Å². The van der Waals surface area contributed by atoms with Crippen molar-refractivity contribution in [3.05, 3.63) is 22.7 Å². The number of fused-ring (bicyclic) bond motifs is 1. The number of carbonyl (C=O) groups excluding carboxylic acids is 1. The van der Waals surface area contributed by atoms with E-state index in [1.54, 1.807) is 12.4 Å². The highest BCUT2D eigenvalue weighted by Gasteiger charge is 2.42. The van der Waals surface area contributed by atoms with Crippen LogP contribution in [0.3, 0.4) is 0 Å². The molecule has 90 valence electrons. The lowest BCUT2D eigenvalue weighted by Crippen LogP contribution is -2.50. The maximum absolute atomic E-state index is 11.8. The van der Waals surface area contributed by atoms with E-state index in [9.17, 15) is 4.79 Å². The van der Waals surface area contributed by atoms with E-state index in [0.29, 0.717) is 5.82 Å². The van der Waals surface area contributed by atoms with Crippen molar-refractivity contribution in [3.8, 4) is 0 Å². The first kappa shape index (κ1) is 10.9. The second-order valence-corrected chi connectivity index (χ2v) is 5.07. The number of nitrogens with one attached hydrogen (secondary N) is 2. The van der Waals surface area contributed by atoms with E-state index in [-0.39, 0.29) is 18.1 Å². The molecule has 1 aromatic heterocycles. The summed E-state index contributed by atoms with van der Waals surface area (Å²) in [5.41, 5.74) is 0. The zero-order valence-corrected chi connectivity index (χ0v) is 10.6. The average Bonchev–Trinajstić information content (AvgIpc) is 2.69. The molecule has 7 heteroatoms. The van der Waals surface area contributed by atoms with Gasteiger partial charge in [0.1, 0.15) is 6.04 Å². The van der Waals surface area contributed by atoms with Gasteiger partial charge in [-0.25, -0.2) is 14.8 Å². The lowest BCUT2D eigenvalue weighted by molar-refractivity contribution is 0.186. The number of hydrogen-bond acceptors (Lipinski definition) is 4. The van der Waals surface area contributed by atoms with Crippen molar-refractivity contribution in [3.63, 3.8) is 0 Å². The van der Waals surface area contributed by atoms with Crippen molar-refractivity contribution in [2.45, 2.75) is 12.1 Å². The second-order valence-electron chi connectivity index (χ2n) is 4.15. The summed E-state index contributed by atoms with van der Waals surface area (Å²) in [5.74, 6) is 0.665. The molecule has 2 aliphatic heterocycles. The molecule has 2 saturated heterocycles. The van der Waals surface area contributed by atoms with Gasteiger partial charge in [-0.05, 0) is 15.9 Å². The van der Waals surface area contributed by atoms with Crippen LogP contribution >= 0.6 is 15.9 Å². The molecule has 0 spiro atoms.